The zero-order chi connectivity index (χ0) is 21.2. The molecule has 0 unspecified atom stereocenters. The number of rotatable bonds is 5. The highest BCUT2D eigenvalue weighted by molar-refractivity contribution is 6.08. The Hall–Kier alpha value is -2.99. The first-order valence-electron chi connectivity index (χ1n) is 9.60. The van der Waals surface area contributed by atoms with Gasteiger partial charge in [0.25, 0.3) is 5.91 Å². The Morgan fingerprint density at radius 1 is 1.14 bits per heavy atom. The molecule has 0 saturated carbocycles. The van der Waals surface area contributed by atoms with Gasteiger partial charge in [-0.25, -0.2) is 4.39 Å². The maximum Gasteiger partial charge on any atom is 0.259 e. The van der Waals surface area contributed by atoms with E-state index in [0.29, 0.717) is 11.3 Å². The van der Waals surface area contributed by atoms with E-state index in [9.17, 15) is 9.18 Å². The molecule has 1 amide bonds. The van der Waals surface area contributed by atoms with Gasteiger partial charge >= 0.3 is 0 Å². The fourth-order valence-corrected chi connectivity index (χ4v) is 3.24. The van der Waals surface area contributed by atoms with Crippen molar-refractivity contribution < 1.29 is 9.18 Å². The molecule has 152 valence electrons. The number of benzene rings is 2. The summed E-state index contributed by atoms with van der Waals surface area (Å²) in [5.74, 6) is -0.572. The molecule has 0 spiro atoms. The van der Waals surface area contributed by atoms with Crippen LogP contribution in [0.15, 0.2) is 48.7 Å². The van der Waals surface area contributed by atoms with Crippen LogP contribution in [0.5, 0.6) is 0 Å². The largest absolute Gasteiger partial charge is 0.322 e. The Morgan fingerprint density at radius 2 is 1.83 bits per heavy atom. The number of aryl methyl sites for hydroxylation is 1. The summed E-state index contributed by atoms with van der Waals surface area (Å²) in [6, 6.07) is 12.0. The molecule has 0 atom stereocenters. The lowest BCUT2D eigenvalue weighted by Gasteiger charge is -2.23. The van der Waals surface area contributed by atoms with Gasteiger partial charge in [0, 0.05) is 17.8 Å². The van der Waals surface area contributed by atoms with E-state index in [4.69, 9.17) is 0 Å². The van der Waals surface area contributed by atoms with Gasteiger partial charge in [-0.05, 0) is 82.3 Å². The summed E-state index contributed by atoms with van der Waals surface area (Å²) in [4.78, 5) is 13.1. The van der Waals surface area contributed by atoms with E-state index in [0.717, 1.165) is 28.9 Å². The average molecular weight is 394 g/mol. The molecule has 2 N–H and O–H groups in total. The number of amides is 1. The van der Waals surface area contributed by atoms with Crippen LogP contribution in [-0.4, -0.2) is 22.7 Å². The second kappa shape index (κ2) is 8.17. The van der Waals surface area contributed by atoms with Crippen LogP contribution in [-0.2, 0) is 12.1 Å². The summed E-state index contributed by atoms with van der Waals surface area (Å²) in [5, 5.41) is 10.6. The lowest BCUT2D eigenvalue weighted by Crippen LogP contribution is -2.24. The van der Waals surface area contributed by atoms with E-state index in [-0.39, 0.29) is 17.3 Å². The molecule has 3 aromatic rings. The molecule has 0 aliphatic rings. The topological polar surface area (TPSA) is 58.9 Å². The summed E-state index contributed by atoms with van der Waals surface area (Å²) < 4.78 is 15.2. The number of aromatic nitrogens is 2. The van der Waals surface area contributed by atoms with Crippen molar-refractivity contribution in [2.75, 3.05) is 12.4 Å². The van der Waals surface area contributed by atoms with Gasteiger partial charge in [-0.2, -0.15) is 5.10 Å². The highest BCUT2D eigenvalue weighted by Gasteiger charge is 2.25. The highest BCUT2D eigenvalue weighted by Crippen LogP contribution is 2.30. The summed E-state index contributed by atoms with van der Waals surface area (Å²) >= 11 is 0. The number of nitrogens with zero attached hydrogens (tertiary/aromatic N) is 2. The van der Waals surface area contributed by atoms with E-state index in [2.05, 4.69) is 15.7 Å². The van der Waals surface area contributed by atoms with Crippen molar-refractivity contribution in [2.24, 2.45) is 0 Å². The third kappa shape index (κ3) is 4.54. The second-order valence-corrected chi connectivity index (χ2v) is 8.12. The fraction of sp³-hybridized carbons (Fsp3) is 0.304. The van der Waals surface area contributed by atoms with Crippen molar-refractivity contribution in [3.8, 4) is 11.3 Å². The predicted molar refractivity (Wildman–Crippen MR) is 115 cm³/mol. The normalized spacial score (nSPS) is 11.5. The summed E-state index contributed by atoms with van der Waals surface area (Å²) in [6.45, 7) is 8.80. The Bertz CT molecular complexity index is 1020. The molecule has 29 heavy (non-hydrogen) atoms. The number of hydrogen-bond donors (Lipinski definition) is 2. The molecule has 0 fully saturated rings. The van der Waals surface area contributed by atoms with Gasteiger partial charge in [-0.15, -0.1) is 0 Å². The zero-order valence-electron chi connectivity index (χ0n) is 17.5. The number of carbonyl (C=O) groups excluding carboxylic acids is 1. The maximum absolute atomic E-state index is 13.4. The minimum absolute atomic E-state index is 0.251. The van der Waals surface area contributed by atoms with E-state index < -0.39 is 0 Å². The van der Waals surface area contributed by atoms with E-state index in [1.54, 1.807) is 23.0 Å². The molecular weight excluding hydrogens is 367 g/mol. The zero-order valence-corrected chi connectivity index (χ0v) is 17.5. The molecule has 5 nitrogen and oxygen atoms in total. The quantitative estimate of drug-likeness (QED) is 0.658. The van der Waals surface area contributed by atoms with E-state index in [1.165, 1.54) is 12.1 Å². The number of hydrogen-bond acceptors (Lipinski definition) is 3. The molecule has 2 aromatic carbocycles. The molecule has 1 heterocycles. The smallest absolute Gasteiger partial charge is 0.259 e. The van der Waals surface area contributed by atoms with Crippen LogP contribution in [0.1, 0.15) is 42.3 Å². The summed E-state index contributed by atoms with van der Waals surface area (Å²) in [5.41, 5.74) is 4.51. The molecule has 0 aliphatic carbocycles. The molecular formula is C23H27FN4O. The fourth-order valence-electron chi connectivity index (χ4n) is 3.24. The molecule has 0 aliphatic heterocycles. The van der Waals surface area contributed by atoms with Crippen molar-refractivity contribution in [2.45, 2.75) is 39.8 Å². The van der Waals surface area contributed by atoms with Crippen LogP contribution in [0.25, 0.3) is 11.3 Å². The van der Waals surface area contributed by atoms with Gasteiger partial charge in [0.1, 0.15) is 5.82 Å². The lowest BCUT2D eigenvalue weighted by molar-refractivity contribution is 0.102. The van der Waals surface area contributed by atoms with Crippen molar-refractivity contribution in [3.63, 3.8) is 0 Å². The van der Waals surface area contributed by atoms with Crippen LogP contribution in [0.4, 0.5) is 10.1 Å². The third-order valence-electron chi connectivity index (χ3n) is 4.74. The average Bonchev–Trinajstić information content (AvgIpc) is 3.11. The molecule has 0 bridgehead atoms. The first-order chi connectivity index (χ1) is 13.7. The monoisotopic (exact) mass is 394 g/mol. The van der Waals surface area contributed by atoms with Crippen molar-refractivity contribution in [1.82, 2.24) is 15.1 Å². The van der Waals surface area contributed by atoms with E-state index >= 15 is 0 Å². The minimum Gasteiger partial charge on any atom is -0.322 e. The molecule has 6 heteroatoms. The summed E-state index contributed by atoms with van der Waals surface area (Å²) in [7, 11) is 1.89. The standard InChI is InChI=1S/C23H27FN4O/c1-15-6-11-19(12-17(15)13-25-5)27-22(29)20-14-26-28(23(2,3)4)21(20)16-7-9-18(24)10-8-16/h6-12,14,25H,13H2,1-5H3,(H,27,29). The van der Waals surface area contributed by atoms with Crippen LogP contribution in [0.3, 0.4) is 0 Å². The Morgan fingerprint density at radius 3 is 2.45 bits per heavy atom. The number of nitrogens with one attached hydrogen (secondary N) is 2. The molecule has 0 radical (unpaired) electrons. The number of carbonyl (C=O) groups is 1. The van der Waals surface area contributed by atoms with Crippen molar-refractivity contribution in [1.29, 1.82) is 0 Å². The maximum atomic E-state index is 13.4. The Labute approximate surface area is 170 Å². The lowest BCUT2D eigenvalue weighted by atomic mass is 10.0. The van der Waals surface area contributed by atoms with Gasteiger partial charge in [0.2, 0.25) is 0 Å². The molecule has 0 saturated heterocycles. The van der Waals surface area contributed by atoms with Gasteiger partial charge in [0.15, 0.2) is 0 Å². The van der Waals surface area contributed by atoms with Crippen molar-refractivity contribution in [3.05, 3.63) is 71.2 Å². The molecule has 1 aromatic heterocycles. The second-order valence-electron chi connectivity index (χ2n) is 8.12. The van der Waals surface area contributed by atoms with Crippen molar-refractivity contribution >= 4 is 11.6 Å². The van der Waals surface area contributed by atoms with Crippen LogP contribution < -0.4 is 10.6 Å². The predicted octanol–water partition coefficient (Wildman–Crippen LogP) is 4.72. The molecule has 3 rings (SSSR count). The van der Waals surface area contributed by atoms with Crippen LogP contribution in [0, 0.1) is 12.7 Å². The first-order valence-corrected chi connectivity index (χ1v) is 9.60. The SMILES string of the molecule is CNCc1cc(NC(=O)c2cnn(C(C)(C)C)c2-c2ccc(F)cc2)ccc1C. The number of halogens is 1. The van der Waals surface area contributed by atoms with Gasteiger partial charge in [-0.3, -0.25) is 9.48 Å². The third-order valence-corrected chi connectivity index (χ3v) is 4.74. The van der Waals surface area contributed by atoms with E-state index in [1.807, 2.05) is 52.9 Å². The van der Waals surface area contributed by atoms with Crippen LogP contribution in [0.2, 0.25) is 0 Å². The Balaban J connectivity index is 2.00. The minimum atomic E-state index is -0.341. The first kappa shape index (κ1) is 20.7. The highest BCUT2D eigenvalue weighted by atomic mass is 19.1. The Kier molecular flexibility index (Phi) is 5.84. The van der Waals surface area contributed by atoms with Gasteiger partial charge in [0.05, 0.1) is 23.0 Å². The van der Waals surface area contributed by atoms with Gasteiger partial charge < -0.3 is 10.6 Å². The van der Waals surface area contributed by atoms with Crippen LogP contribution >= 0.6 is 0 Å². The van der Waals surface area contributed by atoms with Gasteiger partial charge in [-0.1, -0.05) is 6.07 Å². The summed E-state index contributed by atoms with van der Waals surface area (Å²) in [6.07, 6.45) is 1.57. The number of anilines is 1.